The molecule has 0 aliphatic carbocycles. The molecule has 1 aromatic carbocycles. The third-order valence-electron chi connectivity index (χ3n) is 2.75. The van der Waals surface area contributed by atoms with Gasteiger partial charge in [-0.2, -0.15) is 0 Å². The lowest BCUT2D eigenvalue weighted by Crippen LogP contribution is -2.23. The standard InChI is InChI=1S/C13H15FN2O2S2/c1-8-4-11(14)6-12(5-8)20(17,18)15-7-13-9(2)16-10(3)19-13/h4-6,15H,7H2,1-3H3. The molecule has 0 fully saturated rings. The number of halogens is 1. The number of aromatic nitrogens is 1. The quantitative estimate of drug-likeness (QED) is 0.944. The minimum atomic E-state index is -3.72. The van der Waals surface area contributed by atoms with Crippen molar-refractivity contribution in [2.45, 2.75) is 32.2 Å². The topological polar surface area (TPSA) is 59.1 Å². The average molecular weight is 314 g/mol. The van der Waals surface area contributed by atoms with Crippen LogP contribution in [0, 0.1) is 26.6 Å². The Labute approximate surface area is 121 Å². The Hall–Kier alpha value is -1.31. The second kappa shape index (κ2) is 5.59. The van der Waals surface area contributed by atoms with Gasteiger partial charge in [-0.05, 0) is 44.5 Å². The zero-order valence-electron chi connectivity index (χ0n) is 11.4. The van der Waals surface area contributed by atoms with Crippen molar-refractivity contribution in [3.63, 3.8) is 0 Å². The maximum absolute atomic E-state index is 13.3. The summed E-state index contributed by atoms with van der Waals surface area (Å²) >= 11 is 1.44. The van der Waals surface area contributed by atoms with Crippen LogP contribution in [0.2, 0.25) is 0 Å². The van der Waals surface area contributed by atoms with Crippen LogP contribution in [0.5, 0.6) is 0 Å². The van der Waals surface area contributed by atoms with E-state index in [0.717, 1.165) is 21.6 Å². The second-order valence-electron chi connectivity index (χ2n) is 4.53. The molecule has 20 heavy (non-hydrogen) atoms. The van der Waals surface area contributed by atoms with E-state index in [0.29, 0.717) is 5.56 Å². The summed E-state index contributed by atoms with van der Waals surface area (Å²) in [4.78, 5) is 5.04. The molecule has 4 nitrogen and oxygen atoms in total. The molecule has 0 atom stereocenters. The van der Waals surface area contributed by atoms with E-state index in [4.69, 9.17) is 0 Å². The number of benzene rings is 1. The van der Waals surface area contributed by atoms with Gasteiger partial charge in [-0.1, -0.05) is 0 Å². The van der Waals surface area contributed by atoms with E-state index in [1.165, 1.54) is 23.5 Å². The largest absolute Gasteiger partial charge is 0.247 e. The van der Waals surface area contributed by atoms with Gasteiger partial charge < -0.3 is 0 Å². The van der Waals surface area contributed by atoms with Gasteiger partial charge in [0.25, 0.3) is 0 Å². The molecule has 0 saturated heterocycles. The first-order chi connectivity index (χ1) is 9.28. The Morgan fingerprint density at radius 2 is 1.95 bits per heavy atom. The molecule has 7 heteroatoms. The molecule has 0 radical (unpaired) electrons. The number of nitrogens with zero attached hydrogens (tertiary/aromatic N) is 1. The van der Waals surface area contributed by atoms with E-state index in [1.54, 1.807) is 6.92 Å². The summed E-state index contributed by atoms with van der Waals surface area (Å²) in [6.07, 6.45) is 0. The molecule has 108 valence electrons. The van der Waals surface area contributed by atoms with E-state index < -0.39 is 15.8 Å². The maximum Gasteiger partial charge on any atom is 0.241 e. The molecule has 0 saturated carbocycles. The van der Waals surface area contributed by atoms with Crippen molar-refractivity contribution >= 4 is 21.4 Å². The third kappa shape index (κ3) is 3.41. The Kier molecular flexibility index (Phi) is 4.22. The van der Waals surface area contributed by atoms with E-state index in [-0.39, 0.29) is 11.4 Å². The van der Waals surface area contributed by atoms with Crippen molar-refractivity contribution < 1.29 is 12.8 Å². The SMILES string of the molecule is Cc1cc(F)cc(S(=O)(=O)NCc2sc(C)nc2C)c1. The number of hydrogen-bond donors (Lipinski definition) is 1. The van der Waals surface area contributed by atoms with Crippen LogP contribution in [-0.2, 0) is 16.6 Å². The normalized spacial score (nSPS) is 11.8. The van der Waals surface area contributed by atoms with Crippen molar-refractivity contribution in [3.8, 4) is 0 Å². The van der Waals surface area contributed by atoms with Crippen LogP contribution in [-0.4, -0.2) is 13.4 Å². The molecule has 0 aliphatic heterocycles. The smallest absolute Gasteiger partial charge is 0.241 e. The van der Waals surface area contributed by atoms with Crippen LogP contribution >= 0.6 is 11.3 Å². The highest BCUT2D eigenvalue weighted by atomic mass is 32.2. The minimum absolute atomic E-state index is 0.0612. The Morgan fingerprint density at radius 1 is 1.25 bits per heavy atom. The lowest BCUT2D eigenvalue weighted by atomic mass is 10.2. The van der Waals surface area contributed by atoms with E-state index >= 15 is 0 Å². The van der Waals surface area contributed by atoms with Gasteiger partial charge in [0.1, 0.15) is 5.82 Å². The summed E-state index contributed by atoms with van der Waals surface area (Å²) in [5.41, 5.74) is 1.38. The molecule has 0 spiro atoms. The van der Waals surface area contributed by atoms with E-state index in [2.05, 4.69) is 9.71 Å². The zero-order chi connectivity index (χ0) is 14.9. The molecular formula is C13H15FN2O2S2. The Morgan fingerprint density at radius 3 is 2.50 bits per heavy atom. The zero-order valence-corrected chi connectivity index (χ0v) is 13.0. The van der Waals surface area contributed by atoms with Crippen LogP contribution < -0.4 is 4.72 Å². The summed E-state index contributed by atoms with van der Waals surface area (Å²) in [5.74, 6) is -0.560. The molecular weight excluding hydrogens is 299 g/mol. The van der Waals surface area contributed by atoms with Gasteiger partial charge in [0.05, 0.1) is 15.6 Å². The van der Waals surface area contributed by atoms with Crippen LogP contribution in [0.4, 0.5) is 4.39 Å². The molecule has 0 aliphatic rings. The monoisotopic (exact) mass is 314 g/mol. The number of rotatable bonds is 4. The van der Waals surface area contributed by atoms with Crippen molar-refractivity contribution in [1.82, 2.24) is 9.71 Å². The Balaban J connectivity index is 2.21. The molecule has 1 aromatic heterocycles. The first kappa shape index (κ1) is 15.1. The maximum atomic E-state index is 13.3. The van der Waals surface area contributed by atoms with E-state index in [9.17, 15) is 12.8 Å². The fourth-order valence-corrected chi connectivity index (χ4v) is 3.92. The number of sulfonamides is 1. The fraction of sp³-hybridized carbons (Fsp3) is 0.308. The third-order valence-corrected chi connectivity index (χ3v) is 5.20. The molecule has 0 unspecified atom stereocenters. The summed E-state index contributed by atoms with van der Waals surface area (Å²) in [5, 5.41) is 0.887. The highest BCUT2D eigenvalue weighted by molar-refractivity contribution is 7.89. The molecule has 1 N–H and O–H groups in total. The van der Waals surface area contributed by atoms with Gasteiger partial charge in [0.15, 0.2) is 0 Å². The van der Waals surface area contributed by atoms with Gasteiger partial charge >= 0.3 is 0 Å². The molecule has 0 amide bonds. The average Bonchev–Trinajstić information content (AvgIpc) is 2.64. The highest BCUT2D eigenvalue weighted by Gasteiger charge is 2.16. The summed E-state index contributed by atoms with van der Waals surface area (Å²) < 4.78 is 40.0. The van der Waals surface area contributed by atoms with Crippen molar-refractivity contribution in [3.05, 3.63) is 45.2 Å². The molecule has 2 rings (SSSR count). The lowest BCUT2D eigenvalue weighted by Gasteiger charge is -2.07. The minimum Gasteiger partial charge on any atom is -0.247 e. The van der Waals surface area contributed by atoms with Gasteiger partial charge in [-0.3, -0.25) is 0 Å². The summed E-state index contributed by atoms with van der Waals surface area (Å²) in [6.45, 7) is 5.51. The number of nitrogens with one attached hydrogen (secondary N) is 1. The second-order valence-corrected chi connectivity index (χ2v) is 7.59. The molecule has 0 bridgehead atoms. The summed E-state index contributed by atoms with van der Waals surface area (Å²) in [7, 11) is -3.72. The fourth-order valence-electron chi connectivity index (χ4n) is 1.84. The highest BCUT2D eigenvalue weighted by Crippen LogP contribution is 2.19. The van der Waals surface area contributed by atoms with Gasteiger partial charge in [-0.15, -0.1) is 11.3 Å². The van der Waals surface area contributed by atoms with Gasteiger partial charge in [-0.25, -0.2) is 22.5 Å². The lowest BCUT2D eigenvalue weighted by molar-refractivity contribution is 0.577. The van der Waals surface area contributed by atoms with Crippen molar-refractivity contribution in [1.29, 1.82) is 0 Å². The predicted octanol–water partition coefficient (Wildman–Crippen LogP) is 2.69. The van der Waals surface area contributed by atoms with Gasteiger partial charge in [0, 0.05) is 11.4 Å². The first-order valence-electron chi connectivity index (χ1n) is 5.98. The summed E-state index contributed by atoms with van der Waals surface area (Å²) in [6, 6.07) is 3.74. The number of hydrogen-bond acceptors (Lipinski definition) is 4. The van der Waals surface area contributed by atoms with E-state index in [1.807, 2.05) is 13.8 Å². The number of aryl methyl sites for hydroxylation is 3. The van der Waals surface area contributed by atoms with Crippen molar-refractivity contribution in [2.24, 2.45) is 0 Å². The van der Waals surface area contributed by atoms with Crippen LogP contribution in [0.1, 0.15) is 21.1 Å². The molecule has 2 aromatic rings. The van der Waals surface area contributed by atoms with Crippen LogP contribution in [0.3, 0.4) is 0 Å². The van der Waals surface area contributed by atoms with Crippen molar-refractivity contribution in [2.75, 3.05) is 0 Å². The van der Waals surface area contributed by atoms with Crippen LogP contribution in [0.15, 0.2) is 23.1 Å². The number of thiazole rings is 1. The van der Waals surface area contributed by atoms with Gasteiger partial charge in [0.2, 0.25) is 10.0 Å². The first-order valence-corrected chi connectivity index (χ1v) is 8.27. The Bertz CT molecular complexity index is 719. The molecule has 1 heterocycles. The predicted molar refractivity (Wildman–Crippen MR) is 76.8 cm³/mol. The van der Waals surface area contributed by atoms with Crippen LogP contribution in [0.25, 0.3) is 0 Å².